The van der Waals surface area contributed by atoms with E-state index in [-0.39, 0.29) is 24.5 Å². The maximum absolute atomic E-state index is 12.8. The summed E-state index contributed by atoms with van der Waals surface area (Å²) in [6.07, 6.45) is 4.70. The minimum Gasteiger partial charge on any atom is -0.481 e. The standard InChI is InChI=1S/C19H25NO4/c21-18(20-11-4-3-6-15(20)8-9-19(22)23)13-17-16-7-2-1-5-14(16)10-12-24-17/h1-2,5,7,15,17H,3-4,6,8-13H2,(H,22,23). The molecule has 0 spiro atoms. The van der Waals surface area contributed by atoms with E-state index in [1.807, 2.05) is 23.1 Å². The summed E-state index contributed by atoms with van der Waals surface area (Å²) >= 11 is 0. The zero-order valence-electron chi connectivity index (χ0n) is 13.9. The Labute approximate surface area is 142 Å². The van der Waals surface area contributed by atoms with Gasteiger partial charge in [-0.3, -0.25) is 9.59 Å². The molecule has 3 rings (SSSR count). The van der Waals surface area contributed by atoms with Crippen LogP contribution in [-0.4, -0.2) is 41.1 Å². The molecule has 0 saturated carbocycles. The van der Waals surface area contributed by atoms with Crippen LogP contribution in [0.5, 0.6) is 0 Å². The quantitative estimate of drug-likeness (QED) is 0.901. The number of fused-ring (bicyclic) bond motifs is 1. The average Bonchev–Trinajstić information content (AvgIpc) is 2.60. The number of rotatable bonds is 5. The Hall–Kier alpha value is -1.88. The molecule has 2 unspecified atom stereocenters. The van der Waals surface area contributed by atoms with Crippen LogP contribution in [0.25, 0.3) is 0 Å². The summed E-state index contributed by atoms with van der Waals surface area (Å²) in [5, 5.41) is 8.92. The lowest BCUT2D eigenvalue weighted by Crippen LogP contribution is -2.44. The molecule has 2 aliphatic heterocycles. The predicted molar refractivity (Wildman–Crippen MR) is 89.7 cm³/mol. The minimum absolute atomic E-state index is 0.0567. The van der Waals surface area contributed by atoms with Gasteiger partial charge in [0.1, 0.15) is 0 Å². The number of carbonyl (C=O) groups is 2. The van der Waals surface area contributed by atoms with E-state index < -0.39 is 5.97 Å². The smallest absolute Gasteiger partial charge is 0.303 e. The second kappa shape index (κ2) is 7.79. The number of carboxylic acid groups (broad SMARTS) is 1. The summed E-state index contributed by atoms with van der Waals surface area (Å²) in [7, 11) is 0. The molecule has 1 saturated heterocycles. The molecule has 1 aromatic rings. The van der Waals surface area contributed by atoms with Gasteiger partial charge in [-0.15, -0.1) is 0 Å². The zero-order chi connectivity index (χ0) is 16.9. The van der Waals surface area contributed by atoms with Crippen molar-refractivity contribution in [1.82, 2.24) is 4.90 Å². The third kappa shape index (κ3) is 3.96. The van der Waals surface area contributed by atoms with Crippen LogP contribution in [0.2, 0.25) is 0 Å². The van der Waals surface area contributed by atoms with Crippen LogP contribution in [0.4, 0.5) is 0 Å². The number of nitrogens with zero attached hydrogens (tertiary/aromatic N) is 1. The van der Waals surface area contributed by atoms with Crippen molar-refractivity contribution in [2.24, 2.45) is 0 Å². The molecular formula is C19H25NO4. The van der Waals surface area contributed by atoms with Crippen molar-refractivity contribution in [2.75, 3.05) is 13.2 Å². The van der Waals surface area contributed by atoms with Crippen LogP contribution in [0.3, 0.4) is 0 Å². The maximum Gasteiger partial charge on any atom is 0.303 e. The number of hydrogen-bond acceptors (Lipinski definition) is 3. The topological polar surface area (TPSA) is 66.8 Å². The van der Waals surface area contributed by atoms with Gasteiger partial charge in [0.05, 0.1) is 19.1 Å². The van der Waals surface area contributed by atoms with E-state index in [2.05, 4.69) is 6.07 Å². The van der Waals surface area contributed by atoms with Gasteiger partial charge in [0.2, 0.25) is 5.91 Å². The number of aliphatic carboxylic acids is 1. The summed E-state index contributed by atoms with van der Waals surface area (Å²) < 4.78 is 5.86. The van der Waals surface area contributed by atoms with Crippen LogP contribution >= 0.6 is 0 Å². The normalized spacial score (nSPS) is 23.6. The van der Waals surface area contributed by atoms with Gasteiger partial charge in [0.15, 0.2) is 0 Å². The second-order valence-corrected chi connectivity index (χ2v) is 6.68. The van der Waals surface area contributed by atoms with Gasteiger partial charge in [0.25, 0.3) is 0 Å². The number of piperidine rings is 1. The Morgan fingerprint density at radius 3 is 2.92 bits per heavy atom. The van der Waals surface area contributed by atoms with Crippen LogP contribution in [0, 0.1) is 0 Å². The first kappa shape index (κ1) is 17.0. The first-order valence-corrected chi connectivity index (χ1v) is 8.86. The molecule has 24 heavy (non-hydrogen) atoms. The molecule has 1 aromatic carbocycles. The van der Waals surface area contributed by atoms with Crippen LogP contribution in [0.1, 0.15) is 55.8 Å². The van der Waals surface area contributed by atoms with E-state index in [4.69, 9.17) is 9.84 Å². The highest BCUT2D eigenvalue weighted by Gasteiger charge is 2.30. The lowest BCUT2D eigenvalue weighted by molar-refractivity contribution is -0.141. The summed E-state index contributed by atoms with van der Waals surface area (Å²) in [5.74, 6) is -0.704. The fourth-order valence-electron chi connectivity index (χ4n) is 3.84. The molecule has 0 aromatic heterocycles. The highest BCUT2D eigenvalue weighted by Crippen LogP contribution is 2.31. The lowest BCUT2D eigenvalue weighted by atomic mass is 9.93. The zero-order valence-corrected chi connectivity index (χ0v) is 13.9. The first-order valence-electron chi connectivity index (χ1n) is 8.86. The van der Waals surface area contributed by atoms with Crippen molar-refractivity contribution >= 4 is 11.9 Å². The van der Waals surface area contributed by atoms with E-state index in [0.717, 1.165) is 37.8 Å². The fourth-order valence-corrected chi connectivity index (χ4v) is 3.84. The SMILES string of the molecule is O=C(O)CCC1CCCCN1C(=O)CC1OCCc2ccccc21. The average molecular weight is 331 g/mol. The van der Waals surface area contributed by atoms with E-state index in [9.17, 15) is 9.59 Å². The van der Waals surface area contributed by atoms with Crippen molar-refractivity contribution in [1.29, 1.82) is 0 Å². The van der Waals surface area contributed by atoms with E-state index >= 15 is 0 Å². The van der Waals surface area contributed by atoms with Crippen molar-refractivity contribution in [3.05, 3.63) is 35.4 Å². The van der Waals surface area contributed by atoms with Crippen molar-refractivity contribution in [2.45, 2.75) is 57.1 Å². The van der Waals surface area contributed by atoms with Crippen LogP contribution < -0.4 is 0 Å². The molecule has 5 nitrogen and oxygen atoms in total. The molecule has 1 amide bonds. The molecule has 2 heterocycles. The Kier molecular flexibility index (Phi) is 5.51. The van der Waals surface area contributed by atoms with Gasteiger partial charge in [-0.1, -0.05) is 24.3 Å². The predicted octanol–water partition coefficient (Wildman–Crippen LogP) is 2.94. The summed E-state index contributed by atoms with van der Waals surface area (Å²) in [6, 6.07) is 8.22. The molecule has 1 N–H and O–H groups in total. The van der Waals surface area contributed by atoms with Crippen molar-refractivity contribution in [3.8, 4) is 0 Å². The molecule has 0 aliphatic carbocycles. The largest absolute Gasteiger partial charge is 0.481 e. The molecule has 1 fully saturated rings. The maximum atomic E-state index is 12.8. The Balaban J connectivity index is 1.66. The molecule has 0 bridgehead atoms. The number of amides is 1. The van der Waals surface area contributed by atoms with Gasteiger partial charge in [0, 0.05) is 19.0 Å². The van der Waals surface area contributed by atoms with Gasteiger partial charge >= 0.3 is 5.97 Å². The van der Waals surface area contributed by atoms with Crippen LogP contribution in [-0.2, 0) is 20.7 Å². The lowest BCUT2D eigenvalue weighted by Gasteiger charge is -2.37. The van der Waals surface area contributed by atoms with E-state index in [1.165, 1.54) is 5.56 Å². The monoisotopic (exact) mass is 331 g/mol. The molecule has 0 radical (unpaired) electrons. The number of likely N-dealkylation sites (tertiary alicyclic amines) is 1. The highest BCUT2D eigenvalue weighted by atomic mass is 16.5. The summed E-state index contributed by atoms with van der Waals surface area (Å²) in [4.78, 5) is 25.6. The number of carboxylic acids is 1. The fraction of sp³-hybridized carbons (Fsp3) is 0.579. The molecule has 5 heteroatoms. The summed E-state index contributed by atoms with van der Waals surface area (Å²) in [5.41, 5.74) is 2.39. The minimum atomic E-state index is -0.794. The number of carbonyl (C=O) groups excluding carboxylic acids is 1. The Morgan fingerprint density at radius 2 is 2.08 bits per heavy atom. The van der Waals surface area contributed by atoms with E-state index in [0.29, 0.717) is 19.4 Å². The third-order valence-corrected chi connectivity index (χ3v) is 5.09. The molecule has 130 valence electrons. The summed E-state index contributed by atoms with van der Waals surface area (Å²) in [6.45, 7) is 1.38. The Bertz CT molecular complexity index is 601. The first-order chi connectivity index (χ1) is 11.6. The van der Waals surface area contributed by atoms with Gasteiger partial charge in [-0.25, -0.2) is 0 Å². The van der Waals surface area contributed by atoms with Gasteiger partial charge in [-0.2, -0.15) is 0 Å². The highest BCUT2D eigenvalue weighted by molar-refractivity contribution is 5.77. The van der Waals surface area contributed by atoms with Gasteiger partial charge in [-0.05, 0) is 43.2 Å². The number of ether oxygens (including phenoxy) is 1. The van der Waals surface area contributed by atoms with E-state index in [1.54, 1.807) is 0 Å². The molecule has 2 aliphatic rings. The van der Waals surface area contributed by atoms with Crippen molar-refractivity contribution in [3.63, 3.8) is 0 Å². The second-order valence-electron chi connectivity index (χ2n) is 6.68. The number of benzene rings is 1. The Morgan fingerprint density at radius 1 is 1.25 bits per heavy atom. The molecular weight excluding hydrogens is 306 g/mol. The molecule has 2 atom stereocenters. The number of hydrogen-bond donors (Lipinski definition) is 1. The third-order valence-electron chi connectivity index (χ3n) is 5.09. The van der Waals surface area contributed by atoms with Crippen LogP contribution in [0.15, 0.2) is 24.3 Å². The van der Waals surface area contributed by atoms with Gasteiger partial charge < -0.3 is 14.7 Å². The van der Waals surface area contributed by atoms with Crippen molar-refractivity contribution < 1.29 is 19.4 Å².